The fraction of sp³-hybridized carbons (Fsp3) is 0.412. The van der Waals surface area contributed by atoms with Crippen LogP contribution in [0.25, 0.3) is 10.9 Å². The zero-order valence-corrected chi connectivity index (χ0v) is 13.3. The minimum Gasteiger partial charge on any atom is -0.444 e. The third-order valence-electron chi connectivity index (χ3n) is 3.21. The minimum atomic E-state index is -0.521. The van der Waals surface area contributed by atoms with Gasteiger partial charge in [0.15, 0.2) is 0 Å². The van der Waals surface area contributed by atoms with Gasteiger partial charge < -0.3 is 15.8 Å². The zero-order valence-electron chi connectivity index (χ0n) is 13.3. The van der Waals surface area contributed by atoms with Crippen molar-refractivity contribution in [1.82, 2.24) is 10.3 Å². The Morgan fingerprint density at radius 2 is 2.05 bits per heavy atom. The second-order valence-corrected chi connectivity index (χ2v) is 6.27. The molecule has 2 rings (SSSR count). The van der Waals surface area contributed by atoms with Crippen molar-refractivity contribution < 1.29 is 9.53 Å². The van der Waals surface area contributed by atoms with Gasteiger partial charge >= 0.3 is 6.09 Å². The lowest BCUT2D eigenvalue weighted by molar-refractivity contribution is 0.0506. The molecule has 0 aliphatic carbocycles. The van der Waals surface area contributed by atoms with Crippen molar-refractivity contribution >= 4 is 17.0 Å². The molecule has 5 heteroatoms. The Hall–Kier alpha value is -2.14. The molecule has 0 saturated carbocycles. The molecule has 0 bridgehead atoms. The number of hydrogen-bond acceptors (Lipinski definition) is 4. The number of nitrogens with two attached hydrogens (primary N) is 1. The maximum atomic E-state index is 11.9. The van der Waals surface area contributed by atoms with E-state index in [1.54, 1.807) is 6.20 Å². The average molecular weight is 301 g/mol. The van der Waals surface area contributed by atoms with E-state index < -0.39 is 11.7 Å². The first kappa shape index (κ1) is 16.2. The van der Waals surface area contributed by atoms with Gasteiger partial charge in [-0.2, -0.15) is 0 Å². The van der Waals surface area contributed by atoms with Crippen molar-refractivity contribution in [3.8, 4) is 0 Å². The van der Waals surface area contributed by atoms with Crippen LogP contribution >= 0.6 is 0 Å². The summed E-state index contributed by atoms with van der Waals surface area (Å²) in [6, 6.07) is 9.71. The van der Waals surface area contributed by atoms with Crippen molar-refractivity contribution in [2.45, 2.75) is 38.8 Å². The molecule has 2 aromatic rings. The van der Waals surface area contributed by atoms with Gasteiger partial charge in [0.05, 0.1) is 5.52 Å². The van der Waals surface area contributed by atoms with Crippen LogP contribution in [0.5, 0.6) is 0 Å². The minimum absolute atomic E-state index is 0.180. The molecule has 1 unspecified atom stereocenters. The summed E-state index contributed by atoms with van der Waals surface area (Å²) < 4.78 is 5.28. The Labute approximate surface area is 130 Å². The summed E-state index contributed by atoms with van der Waals surface area (Å²) >= 11 is 0. The van der Waals surface area contributed by atoms with Gasteiger partial charge in [0.2, 0.25) is 0 Å². The molecule has 0 saturated heterocycles. The quantitative estimate of drug-likeness (QED) is 0.910. The summed E-state index contributed by atoms with van der Waals surface area (Å²) in [6.45, 7) is 5.84. The monoisotopic (exact) mass is 301 g/mol. The summed E-state index contributed by atoms with van der Waals surface area (Å²) in [5.41, 5.74) is 7.32. The Balaban J connectivity index is 2.11. The van der Waals surface area contributed by atoms with Crippen LogP contribution in [-0.4, -0.2) is 29.3 Å². The van der Waals surface area contributed by atoms with Crippen molar-refractivity contribution in [2.75, 3.05) is 6.54 Å². The molecule has 1 amide bonds. The third kappa shape index (κ3) is 4.43. The average Bonchev–Trinajstić information content (AvgIpc) is 2.45. The first-order chi connectivity index (χ1) is 10.4. The zero-order chi connectivity index (χ0) is 16.2. The number of rotatable bonds is 4. The summed E-state index contributed by atoms with van der Waals surface area (Å²) in [5, 5.41) is 3.91. The number of alkyl carbamates (subject to hydrolysis) is 1. The van der Waals surface area contributed by atoms with Crippen molar-refractivity contribution in [3.05, 3.63) is 42.1 Å². The Morgan fingerprint density at radius 3 is 2.73 bits per heavy atom. The molecule has 0 spiro atoms. The van der Waals surface area contributed by atoms with E-state index in [4.69, 9.17) is 10.5 Å². The van der Waals surface area contributed by atoms with Gasteiger partial charge in [-0.05, 0) is 44.9 Å². The van der Waals surface area contributed by atoms with E-state index in [0.29, 0.717) is 13.0 Å². The van der Waals surface area contributed by atoms with Gasteiger partial charge in [0, 0.05) is 24.2 Å². The van der Waals surface area contributed by atoms with E-state index in [1.165, 1.54) is 0 Å². The number of amides is 1. The van der Waals surface area contributed by atoms with E-state index in [-0.39, 0.29) is 6.04 Å². The number of benzene rings is 1. The highest BCUT2D eigenvalue weighted by Gasteiger charge is 2.19. The molecule has 1 aromatic carbocycles. The van der Waals surface area contributed by atoms with Crippen LogP contribution in [0.4, 0.5) is 4.79 Å². The fourth-order valence-electron chi connectivity index (χ4n) is 2.27. The number of carbonyl (C=O) groups is 1. The summed E-state index contributed by atoms with van der Waals surface area (Å²) in [4.78, 5) is 16.2. The van der Waals surface area contributed by atoms with Crippen LogP contribution in [0.1, 0.15) is 26.3 Å². The SMILES string of the molecule is CC(C)(C)OC(=O)NC(CN)Cc1ccnc2ccccc12. The Morgan fingerprint density at radius 1 is 1.32 bits per heavy atom. The van der Waals surface area contributed by atoms with E-state index >= 15 is 0 Å². The number of pyridine rings is 1. The molecule has 118 valence electrons. The molecular formula is C17H23N3O2. The van der Waals surface area contributed by atoms with Gasteiger partial charge in [-0.3, -0.25) is 4.98 Å². The molecule has 0 aliphatic heterocycles. The second-order valence-electron chi connectivity index (χ2n) is 6.27. The van der Waals surface area contributed by atoms with Crippen molar-refractivity contribution in [2.24, 2.45) is 5.73 Å². The van der Waals surface area contributed by atoms with Crippen LogP contribution in [0.3, 0.4) is 0 Å². The normalized spacial score (nSPS) is 12.9. The number of nitrogens with one attached hydrogen (secondary N) is 1. The molecule has 5 nitrogen and oxygen atoms in total. The number of hydrogen-bond donors (Lipinski definition) is 2. The van der Waals surface area contributed by atoms with Gasteiger partial charge in [0.25, 0.3) is 0 Å². The van der Waals surface area contributed by atoms with Crippen LogP contribution < -0.4 is 11.1 Å². The second kappa shape index (κ2) is 6.75. The largest absolute Gasteiger partial charge is 0.444 e. The van der Waals surface area contributed by atoms with Gasteiger partial charge in [-0.1, -0.05) is 18.2 Å². The highest BCUT2D eigenvalue weighted by atomic mass is 16.6. The summed E-state index contributed by atoms with van der Waals surface area (Å²) in [6.07, 6.45) is 1.97. The molecule has 0 aliphatic rings. The summed E-state index contributed by atoms with van der Waals surface area (Å²) in [7, 11) is 0. The highest BCUT2D eigenvalue weighted by molar-refractivity contribution is 5.82. The summed E-state index contributed by atoms with van der Waals surface area (Å²) in [5.74, 6) is 0. The van der Waals surface area contributed by atoms with E-state index in [2.05, 4.69) is 10.3 Å². The highest BCUT2D eigenvalue weighted by Crippen LogP contribution is 2.17. The van der Waals surface area contributed by atoms with E-state index in [1.807, 2.05) is 51.1 Å². The number of ether oxygens (including phenoxy) is 1. The molecule has 1 heterocycles. The topological polar surface area (TPSA) is 77.2 Å². The van der Waals surface area contributed by atoms with Crippen LogP contribution in [0.2, 0.25) is 0 Å². The third-order valence-corrected chi connectivity index (χ3v) is 3.21. The lowest BCUT2D eigenvalue weighted by Gasteiger charge is -2.23. The maximum absolute atomic E-state index is 11.9. The molecule has 22 heavy (non-hydrogen) atoms. The fourth-order valence-corrected chi connectivity index (χ4v) is 2.27. The smallest absolute Gasteiger partial charge is 0.407 e. The number of carbonyl (C=O) groups excluding carboxylic acids is 1. The van der Waals surface area contributed by atoms with Gasteiger partial charge in [-0.15, -0.1) is 0 Å². The molecule has 1 atom stereocenters. The first-order valence-electron chi connectivity index (χ1n) is 7.41. The molecule has 1 aromatic heterocycles. The van der Waals surface area contributed by atoms with Gasteiger partial charge in [-0.25, -0.2) is 4.79 Å². The number of para-hydroxylation sites is 1. The van der Waals surface area contributed by atoms with Gasteiger partial charge in [0.1, 0.15) is 5.60 Å². The molecule has 0 fully saturated rings. The molecule has 3 N–H and O–H groups in total. The number of fused-ring (bicyclic) bond motifs is 1. The number of aromatic nitrogens is 1. The molecular weight excluding hydrogens is 278 g/mol. The molecule has 0 radical (unpaired) electrons. The van der Waals surface area contributed by atoms with E-state index in [0.717, 1.165) is 16.5 Å². The predicted molar refractivity (Wildman–Crippen MR) is 87.7 cm³/mol. The lowest BCUT2D eigenvalue weighted by Crippen LogP contribution is -2.44. The Kier molecular flexibility index (Phi) is 4.98. The van der Waals surface area contributed by atoms with Crippen LogP contribution in [0, 0.1) is 0 Å². The van der Waals surface area contributed by atoms with E-state index in [9.17, 15) is 4.79 Å². The standard InChI is InChI=1S/C17H23N3O2/c1-17(2,3)22-16(21)20-13(11-18)10-12-8-9-19-15-7-5-4-6-14(12)15/h4-9,13H,10-11,18H2,1-3H3,(H,20,21). The Bertz CT molecular complexity index is 644. The van der Waals surface area contributed by atoms with Crippen LogP contribution in [0.15, 0.2) is 36.5 Å². The van der Waals surface area contributed by atoms with Crippen LogP contribution in [-0.2, 0) is 11.2 Å². The van der Waals surface area contributed by atoms with Crippen molar-refractivity contribution in [1.29, 1.82) is 0 Å². The number of nitrogens with zero attached hydrogens (tertiary/aromatic N) is 1. The van der Waals surface area contributed by atoms with Crippen molar-refractivity contribution in [3.63, 3.8) is 0 Å². The first-order valence-corrected chi connectivity index (χ1v) is 7.41. The lowest BCUT2D eigenvalue weighted by atomic mass is 10.0. The maximum Gasteiger partial charge on any atom is 0.407 e. The predicted octanol–water partition coefficient (Wildman–Crippen LogP) is 2.63.